The lowest BCUT2D eigenvalue weighted by Gasteiger charge is -2.23. The number of hydrogen-bond donors (Lipinski definition) is 2. The third kappa shape index (κ3) is 2.13. The van der Waals surface area contributed by atoms with Crippen molar-refractivity contribution in [1.82, 2.24) is 0 Å². The van der Waals surface area contributed by atoms with E-state index >= 15 is 0 Å². The molecule has 4 nitrogen and oxygen atoms in total. The number of rotatable bonds is 1. The van der Waals surface area contributed by atoms with Crippen LogP contribution in [0.5, 0.6) is 0 Å². The van der Waals surface area contributed by atoms with Crippen molar-refractivity contribution in [1.29, 1.82) is 0 Å². The van der Waals surface area contributed by atoms with Crippen LogP contribution in [0.25, 0.3) is 0 Å². The average molecular weight is 271 g/mol. The lowest BCUT2D eigenvalue weighted by atomic mass is 10.1. The maximum Gasteiger partial charge on any atom is 0.305 e. The molecule has 1 heterocycles. The van der Waals surface area contributed by atoms with E-state index in [1.807, 2.05) is 18.2 Å². The number of nitrogens with one attached hydrogen (secondary N) is 1. The molecular weight excluding hydrogens is 260 g/mol. The quantitative estimate of drug-likeness (QED) is 0.601. The molecule has 0 spiro atoms. The number of benzene rings is 1. The minimum absolute atomic E-state index is 0.392. The first-order chi connectivity index (χ1) is 6.98. The minimum Gasteiger partial charge on any atom is -0.425 e. The zero-order chi connectivity index (χ0) is 11.1. The van der Waals surface area contributed by atoms with E-state index in [9.17, 15) is 4.79 Å². The lowest BCUT2D eigenvalue weighted by molar-refractivity contribution is -0.153. The topological polar surface area (TPSA) is 64.3 Å². The molecule has 0 fully saturated rings. The van der Waals surface area contributed by atoms with Gasteiger partial charge in [-0.25, -0.2) is 0 Å². The molecular formula is C10H11BrN2O2. The van der Waals surface area contributed by atoms with Gasteiger partial charge in [-0.1, -0.05) is 15.9 Å². The zero-order valence-corrected chi connectivity index (χ0v) is 9.80. The molecule has 80 valence electrons. The molecule has 1 aromatic carbocycles. The molecule has 1 unspecified atom stereocenters. The van der Waals surface area contributed by atoms with Gasteiger partial charge in [0.05, 0.1) is 0 Å². The van der Waals surface area contributed by atoms with Gasteiger partial charge >= 0.3 is 5.97 Å². The third-order valence-corrected chi connectivity index (χ3v) is 2.69. The van der Waals surface area contributed by atoms with Gasteiger partial charge in [0.15, 0.2) is 0 Å². The highest BCUT2D eigenvalue weighted by atomic mass is 79.9. The first kappa shape index (κ1) is 10.4. The van der Waals surface area contributed by atoms with Gasteiger partial charge in [-0.05, 0) is 23.8 Å². The molecule has 0 radical (unpaired) electrons. The average Bonchev–Trinajstić information content (AvgIpc) is 2.38. The van der Waals surface area contributed by atoms with Gasteiger partial charge in [-0.15, -0.1) is 0 Å². The van der Waals surface area contributed by atoms with Crippen LogP contribution in [0.4, 0.5) is 5.69 Å². The van der Waals surface area contributed by atoms with Gasteiger partial charge < -0.3 is 10.1 Å². The fourth-order valence-electron chi connectivity index (χ4n) is 1.70. The number of fused-ring (bicyclic) bond motifs is 1. The molecule has 2 rings (SSSR count). The van der Waals surface area contributed by atoms with Crippen molar-refractivity contribution in [2.45, 2.75) is 19.2 Å². The third-order valence-electron chi connectivity index (χ3n) is 2.19. The Labute approximate surface area is 95.9 Å². The SMILES string of the molecule is CC(=O)OC1(N)Cc2cc(Br)ccc2N1. The fraction of sp³-hybridized carbons (Fsp3) is 0.300. The molecule has 1 aliphatic rings. The van der Waals surface area contributed by atoms with Crippen LogP contribution in [0, 0.1) is 0 Å². The van der Waals surface area contributed by atoms with Gasteiger partial charge in [-0.2, -0.15) is 0 Å². The number of nitrogens with two attached hydrogens (primary N) is 1. The number of anilines is 1. The molecule has 0 aliphatic carbocycles. The second kappa shape index (κ2) is 3.50. The van der Waals surface area contributed by atoms with Gasteiger partial charge in [0.1, 0.15) is 0 Å². The number of halogens is 1. The van der Waals surface area contributed by atoms with Crippen molar-refractivity contribution in [3.05, 3.63) is 28.2 Å². The van der Waals surface area contributed by atoms with Crippen LogP contribution in [0.3, 0.4) is 0 Å². The van der Waals surface area contributed by atoms with Crippen molar-refractivity contribution < 1.29 is 9.53 Å². The summed E-state index contributed by atoms with van der Waals surface area (Å²) in [5, 5.41) is 2.98. The Balaban J connectivity index is 2.24. The van der Waals surface area contributed by atoms with E-state index < -0.39 is 11.8 Å². The van der Waals surface area contributed by atoms with Gasteiger partial charge in [0.2, 0.25) is 5.85 Å². The zero-order valence-electron chi connectivity index (χ0n) is 8.21. The fourth-order valence-corrected chi connectivity index (χ4v) is 2.11. The van der Waals surface area contributed by atoms with Crippen molar-refractivity contribution in [3.63, 3.8) is 0 Å². The summed E-state index contributed by atoms with van der Waals surface area (Å²) in [7, 11) is 0. The summed E-state index contributed by atoms with van der Waals surface area (Å²) < 4.78 is 6.02. The van der Waals surface area contributed by atoms with Crippen LogP contribution >= 0.6 is 15.9 Å². The van der Waals surface area contributed by atoms with Crippen molar-refractivity contribution in [2.75, 3.05) is 5.32 Å². The van der Waals surface area contributed by atoms with E-state index in [1.165, 1.54) is 6.92 Å². The second-order valence-electron chi connectivity index (χ2n) is 3.59. The smallest absolute Gasteiger partial charge is 0.305 e. The molecule has 0 saturated carbocycles. The molecule has 0 amide bonds. The highest BCUT2D eigenvalue weighted by Gasteiger charge is 2.35. The van der Waals surface area contributed by atoms with E-state index in [2.05, 4.69) is 21.2 Å². The molecule has 0 bridgehead atoms. The molecule has 1 atom stereocenters. The molecule has 1 aromatic rings. The first-order valence-electron chi connectivity index (χ1n) is 4.54. The van der Waals surface area contributed by atoms with Crippen molar-refractivity contribution >= 4 is 27.6 Å². The van der Waals surface area contributed by atoms with Crippen LogP contribution in [0.1, 0.15) is 12.5 Å². The van der Waals surface area contributed by atoms with E-state index in [0.717, 1.165) is 15.7 Å². The summed E-state index contributed by atoms with van der Waals surface area (Å²) in [5.41, 5.74) is 7.83. The number of carbonyl (C=O) groups excluding carboxylic acids is 1. The highest BCUT2D eigenvalue weighted by molar-refractivity contribution is 9.10. The standard InChI is InChI=1S/C10H11BrN2O2/c1-6(14)15-10(12)5-7-4-8(11)2-3-9(7)13-10/h2-4,13H,5,12H2,1H3. The highest BCUT2D eigenvalue weighted by Crippen LogP contribution is 2.32. The minimum atomic E-state index is -1.10. The summed E-state index contributed by atoms with van der Waals surface area (Å²) in [6.07, 6.45) is 0.474. The Bertz CT molecular complexity index is 422. The maximum absolute atomic E-state index is 10.9. The molecule has 0 saturated heterocycles. The largest absolute Gasteiger partial charge is 0.425 e. The van der Waals surface area contributed by atoms with E-state index in [-0.39, 0.29) is 0 Å². The number of hydrogen-bond acceptors (Lipinski definition) is 4. The number of carbonyl (C=O) groups is 1. The summed E-state index contributed by atoms with van der Waals surface area (Å²) in [6, 6.07) is 5.77. The molecule has 3 N–H and O–H groups in total. The van der Waals surface area contributed by atoms with E-state index in [0.29, 0.717) is 6.42 Å². The Kier molecular flexibility index (Phi) is 2.44. The molecule has 5 heteroatoms. The normalized spacial score (nSPS) is 23.1. The summed E-state index contributed by atoms with van der Waals surface area (Å²) >= 11 is 3.38. The van der Waals surface area contributed by atoms with E-state index in [1.54, 1.807) is 0 Å². The van der Waals surface area contributed by atoms with Gasteiger partial charge in [0.25, 0.3) is 0 Å². The van der Waals surface area contributed by atoms with Crippen LogP contribution in [0.2, 0.25) is 0 Å². The van der Waals surface area contributed by atoms with Crippen LogP contribution in [-0.2, 0) is 16.0 Å². The molecule has 0 aromatic heterocycles. The summed E-state index contributed by atoms with van der Waals surface area (Å²) in [4.78, 5) is 10.9. The number of ether oxygens (including phenoxy) is 1. The predicted octanol–water partition coefficient (Wildman–Crippen LogP) is 1.59. The van der Waals surface area contributed by atoms with Gasteiger partial charge in [-0.3, -0.25) is 10.5 Å². The van der Waals surface area contributed by atoms with Crippen molar-refractivity contribution in [3.8, 4) is 0 Å². The Hall–Kier alpha value is -1.07. The Morgan fingerprint density at radius 3 is 3.07 bits per heavy atom. The van der Waals surface area contributed by atoms with E-state index in [4.69, 9.17) is 10.5 Å². The van der Waals surface area contributed by atoms with Crippen LogP contribution in [0.15, 0.2) is 22.7 Å². The summed E-state index contributed by atoms with van der Waals surface area (Å²) in [6.45, 7) is 1.34. The summed E-state index contributed by atoms with van der Waals surface area (Å²) in [5.74, 6) is -1.49. The molecule has 15 heavy (non-hydrogen) atoms. The Morgan fingerprint density at radius 1 is 1.67 bits per heavy atom. The first-order valence-corrected chi connectivity index (χ1v) is 5.33. The molecule has 1 aliphatic heterocycles. The second-order valence-corrected chi connectivity index (χ2v) is 4.50. The van der Waals surface area contributed by atoms with Crippen molar-refractivity contribution in [2.24, 2.45) is 5.73 Å². The predicted molar refractivity (Wildman–Crippen MR) is 60.2 cm³/mol. The Morgan fingerprint density at radius 2 is 2.40 bits per heavy atom. The monoisotopic (exact) mass is 270 g/mol. The number of esters is 1. The van der Waals surface area contributed by atoms with Gasteiger partial charge in [0, 0.05) is 23.5 Å². The van der Waals surface area contributed by atoms with Crippen LogP contribution < -0.4 is 11.1 Å². The lowest BCUT2D eigenvalue weighted by Crippen LogP contribution is -2.49. The maximum atomic E-state index is 10.9. The van der Waals surface area contributed by atoms with Crippen LogP contribution in [-0.4, -0.2) is 11.8 Å².